The predicted octanol–water partition coefficient (Wildman–Crippen LogP) is 4.24. The zero-order valence-electron chi connectivity index (χ0n) is 9.19. The number of amides is 1. The first-order valence-electron chi connectivity index (χ1n) is 5.13. The molecule has 0 atom stereocenters. The molecule has 1 aromatic heterocycles. The molecule has 2 aromatic rings. The quantitative estimate of drug-likeness (QED) is 0.855. The maximum atomic E-state index is 11.6. The Hall–Kier alpha value is -1.71. The topological polar surface area (TPSA) is 42.2 Å². The minimum atomic E-state index is -0.310. The summed E-state index contributed by atoms with van der Waals surface area (Å²) < 4.78 is 5.06. The van der Waals surface area contributed by atoms with Crippen LogP contribution in [0.5, 0.6) is 0 Å². The van der Waals surface area contributed by atoms with E-state index in [-0.39, 0.29) is 5.91 Å². The lowest BCUT2D eigenvalue weighted by atomic mass is 10.3. The molecule has 0 saturated carbocycles. The SMILES string of the molecule is O=C(/C=C/c1ccco1)Nc1cc(Cl)ccc1Cl. The van der Waals surface area contributed by atoms with E-state index in [4.69, 9.17) is 27.6 Å². The van der Waals surface area contributed by atoms with Crippen molar-refractivity contribution in [2.75, 3.05) is 5.32 Å². The van der Waals surface area contributed by atoms with E-state index in [1.807, 2.05) is 0 Å². The minimum absolute atomic E-state index is 0.310. The molecular weight excluding hydrogens is 273 g/mol. The van der Waals surface area contributed by atoms with Crippen LogP contribution >= 0.6 is 23.2 Å². The van der Waals surface area contributed by atoms with Crippen molar-refractivity contribution in [2.45, 2.75) is 0 Å². The Bertz CT molecular complexity index is 577. The molecule has 0 aliphatic rings. The van der Waals surface area contributed by atoms with Crippen molar-refractivity contribution in [3.05, 3.63) is 58.5 Å². The highest BCUT2D eigenvalue weighted by molar-refractivity contribution is 6.35. The van der Waals surface area contributed by atoms with E-state index in [1.165, 1.54) is 12.3 Å². The van der Waals surface area contributed by atoms with Gasteiger partial charge in [-0.1, -0.05) is 23.2 Å². The van der Waals surface area contributed by atoms with Crippen molar-refractivity contribution in [2.24, 2.45) is 0 Å². The van der Waals surface area contributed by atoms with Gasteiger partial charge in [0.2, 0.25) is 5.91 Å². The summed E-state index contributed by atoms with van der Waals surface area (Å²) in [5.74, 6) is 0.290. The van der Waals surface area contributed by atoms with Gasteiger partial charge in [0.05, 0.1) is 17.0 Å². The Morgan fingerprint density at radius 2 is 2.11 bits per heavy atom. The summed E-state index contributed by atoms with van der Waals surface area (Å²) in [5, 5.41) is 3.56. The summed E-state index contributed by atoms with van der Waals surface area (Å²) in [7, 11) is 0. The van der Waals surface area contributed by atoms with Crippen LogP contribution in [0.15, 0.2) is 47.1 Å². The standard InChI is InChI=1S/C13H9Cl2NO2/c14-9-3-5-11(15)12(8-9)16-13(17)6-4-10-2-1-7-18-10/h1-8H,(H,16,17)/b6-4+. The lowest BCUT2D eigenvalue weighted by Crippen LogP contribution is -2.08. The van der Waals surface area contributed by atoms with Gasteiger partial charge in [-0.15, -0.1) is 0 Å². The first kappa shape index (κ1) is 12.7. The Balaban J connectivity index is 2.05. The molecule has 5 heteroatoms. The van der Waals surface area contributed by atoms with Crippen LogP contribution in [-0.2, 0) is 4.79 Å². The average molecular weight is 282 g/mol. The minimum Gasteiger partial charge on any atom is -0.465 e. The van der Waals surface area contributed by atoms with Gasteiger partial charge in [0.1, 0.15) is 5.76 Å². The second-order valence-electron chi connectivity index (χ2n) is 3.46. The van der Waals surface area contributed by atoms with Crippen molar-refractivity contribution in [3.8, 4) is 0 Å². The van der Waals surface area contributed by atoms with Crippen molar-refractivity contribution in [3.63, 3.8) is 0 Å². The van der Waals surface area contributed by atoms with E-state index >= 15 is 0 Å². The van der Waals surface area contributed by atoms with E-state index in [0.29, 0.717) is 21.5 Å². The molecule has 0 radical (unpaired) electrons. The molecule has 0 spiro atoms. The van der Waals surface area contributed by atoms with Crippen LogP contribution in [0.25, 0.3) is 6.08 Å². The van der Waals surface area contributed by atoms with Gasteiger partial charge < -0.3 is 9.73 Å². The van der Waals surface area contributed by atoms with Gasteiger partial charge in [0, 0.05) is 11.1 Å². The van der Waals surface area contributed by atoms with Crippen LogP contribution < -0.4 is 5.32 Å². The number of benzene rings is 1. The second kappa shape index (κ2) is 5.76. The third-order valence-electron chi connectivity index (χ3n) is 2.13. The Morgan fingerprint density at radius 1 is 1.28 bits per heavy atom. The van der Waals surface area contributed by atoms with Crippen LogP contribution in [-0.4, -0.2) is 5.91 Å². The van der Waals surface area contributed by atoms with Gasteiger partial charge in [-0.05, 0) is 36.4 Å². The van der Waals surface area contributed by atoms with Gasteiger partial charge in [-0.25, -0.2) is 0 Å². The Morgan fingerprint density at radius 3 is 2.83 bits per heavy atom. The molecule has 3 nitrogen and oxygen atoms in total. The summed E-state index contributed by atoms with van der Waals surface area (Å²) in [6.45, 7) is 0. The lowest BCUT2D eigenvalue weighted by molar-refractivity contribution is -0.111. The highest BCUT2D eigenvalue weighted by atomic mass is 35.5. The Labute approximate surface area is 114 Å². The largest absolute Gasteiger partial charge is 0.465 e. The highest BCUT2D eigenvalue weighted by Gasteiger charge is 2.04. The summed E-state index contributed by atoms with van der Waals surface area (Å²) in [4.78, 5) is 11.6. The van der Waals surface area contributed by atoms with E-state index in [2.05, 4.69) is 5.32 Å². The third-order valence-corrected chi connectivity index (χ3v) is 2.69. The number of furan rings is 1. The summed E-state index contributed by atoms with van der Waals surface area (Å²) in [6.07, 6.45) is 4.45. The molecule has 1 heterocycles. The molecule has 92 valence electrons. The average Bonchev–Trinajstić information content (AvgIpc) is 2.84. The molecule has 1 amide bonds. The molecule has 0 bridgehead atoms. The molecule has 0 aliphatic heterocycles. The molecule has 18 heavy (non-hydrogen) atoms. The maximum Gasteiger partial charge on any atom is 0.248 e. The molecule has 0 unspecified atom stereocenters. The number of hydrogen-bond acceptors (Lipinski definition) is 2. The van der Waals surface area contributed by atoms with Crippen LogP contribution in [0, 0.1) is 0 Å². The van der Waals surface area contributed by atoms with E-state index in [0.717, 1.165) is 0 Å². The smallest absolute Gasteiger partial charge is 0.248 e. The molecule has 0 aliphatic carbocycles. The first-order chi connectivity index (χ1) is 8.65. The number of nitrogens with one attached hydrogen (secondary N) is 1. The van der Waals surface area contributed by atoms with Crippen LogP contribution in [0.1, 0.15) is 5.76 Å². The number of carbonyl (C=O) groups excluding carboxylic acids is 1. The molecule has 2 rings (SSSR count). The zero-order valence-corrected chi connectivity index (χ0v) is 10.7. The maximum absolute atomic E-state index is 11.6. The van der Waals surface area contributed by atoms with Crippen molar-refractivity contribution < 1.29 is 9.21 Å². The first-order valence-corrected chi connectivity index (χ1v) is 5.88. The monoisotopic (exact) mass is 281 g/mol. The second-order valence-corrected chi connectivity index (χ2v) is 4.31. The van der Waals surface area contributed by atoms with Crippen molar-refractivity contribution in [1.82, 2.24) is 0 Å². The van der Waals surface area contributed by atoms with Gasteiger partial charge >= 0.3 is 0 Å². The van der Waals surface area contributed by atoms with Gasteiger partial charge in [0.15, 0.2) is 0 Å². The summed E-state index contributed by atoms with van der Waals surface area (Å²) >= 11 is 11.7. The van der Waals surface area contributed by atoms with E-state index < -0.39 is 0 Å². The molecule has 1 aromatic carbocycles. The van der Waals surface area contributed by atoms with Crippen LogP contribution in [0.4, 0.5) is 5.69 Å². The Kier molecular flexibility index (Phi) is 4.07. The van der Waals surface area contributed by atoms with Crippen LogP contribution in [0.2, 0.25) is 10.0 Å². The fourth-order valence-corrected chi connectivity index (χ4v) is 1.65. The predicted molar refractivity (Wildman–Crippen MR) is 72.8 cm³/mol. The van der Waals surface area contributed by atoms with Gasteiger partial charge in [0.25, 0.3) is 0 Å². The molecule has 0 fully saturated rings. The van der Waals surface area contributed by atoms with E-state index in [1.54, 1.807) is 36.4 Å². The fraction of sp³-hybridized carbons (Fsp3) is 0. The molecule has 0 saturated heterocycles. The van der Waals surface area contributed by atoms with Gasteiger partial charge in [-0.2, -0.15) is 0 Å². The number of anilines is 1. The van der Waals surface area contributed by atoms with Crippen molar-refractivity contribution in [1.29, 1.82) is 0 Å². The number of hydrogen-bond donors (Lipinski definition) is 1. The third kappa shape index (κ3) is 3.39. The van der Waals surface area contributed by atoms with E-state index in [9.17, 15) is 4.79 Å². The molecule has 1 N–H and O–H groups in total. The highest BCUT2D eigenvalue weighted by Crippen LogP contribution is 2.25. The summed E-state index contributed by atoms with van der Waals surface area (Å²) in [6, 6.07) is 8.35. The van der Waals surface area contributed by atoms with Crippen LogP contribution in [0.3, 0.4) is 0 Å². The zero-order chi connectivity index (χ0) is 13.0. The lowest BCUT2D eigenvalue weighted by Gasteiger charge is -2.04. The number of carbonyl (C=O) groups is 1. The fourth-order valence-electron chi connectivity index (χ4n) is 1.31. The number of halogens is 2. The number of rotatable bonds is 3. The molecular formula is C13H9Cl2NO2. The van der Waals surface area contributed by atoms with Crippen molar-refractivity contribution >= 4 is 40.9 Å². The van der Waals surface area contributed by atoms with Gasteiger partial charge in [-0.3, -0.25) is 4.79 Å². The summed E-state index contributed by atoms with van der Waals surface area (Å²) in [5.41, 5.74) is 0.471. The normalized spacial score (nSPS) is 10.8.